The summed E-state index contributed by atoms with van der Waals surface area (Å²) in [5.74, 6) is 0.274. The Bertz CT molecular complexity index is 674. The highest BCUT2D eigenvalue weighted by Crippen LogP contribution is 2.21. The standard InChI is InChI=1S/C10H8N4O3/c1-17-8-4-6(5-11)2-3-7(8)14-9(15)12-13-10(14)16/h2-4H,1H3,(H,12,15)(H,13,16). The van der Waals surface area contributed by atoms with Crippen LogP contribution >= 0.6 is 0 Å². The van der Waals surface area contributed by atoms with Crippen molar-refractivity contribution in [3.05, 3.63) is 44.7 Å². The molecule has 0 aliphatic carbocycles. The van der Waals surface area contributed by atoms with Crippen LogP contribution < -0.4 is 16.1 Å². The van der Waals surface area contributed by atoms with Crippen LogP contribution in [0.25, 0.3) is 5.69 Å². The zero-order valence-electron chi connectivity index (χ0n) is 8.85. The molecule has 1 heterocycles. The molecule has 1 aromatic heterocycles. The summed E-state index contributed by atoms with van der Waals surface area (Å²) in [5.41, 5.74) is -0.541. The first-order valence-electron chi connectivity index (χ1n) is 4.65. The van der Waals surface area contributed by atoms with Crippen molar-refractivity contribution in [3.8, 4) is 17.5 Å². The van der Waals surface area contributed by atoms with Gasteiger partial charge in [-0.15, -0.1) is 0 Å². The molecule has 0 saturated carbocycles. The van der Waals surface area contributed by atoms with Crippen molar-refractivity contribution in [2.45, 2.75) is 0 Å². The molecule has 0 fully saturated rings. The molecule has 0 saturated heterocycles. The van der Waals surface area contributed by atoms with E-state index >= 15 is 0 Å². The maximum absolute atomic E-state index is 11.4. The molecule has 0 bridgehead atoms. The number of H-pyrrole nitrogens is 2. The lowest BCUT2D eigenvalue weighted by Crippen LogP contribution is -2.25. The molecule has 0 aliphatic rings. The van der Waals surface area contributed by atoms with Gasteiger partial charge in [-0.1, -0.05) is 0 Å². The summed E-state index contributed by atoms with van der Waals surface area (Å²) in [6.45, 7) is 0. The third kappa shape index (κ3) is 1.72. The summed E-state index contributed by atoms with van der Waals surface area (Å²) >= 11 is 0. The van der Waals surface area contributed by atoms with Crippen molar-refractivity contribution in [3.63, 3.8) is 0 Å². The predicted molar refractivity (Wildman–Crippen MR) is 58.3 cm³/mol. The topological polar surface area (TPSA) is 104 Å². The van der Waals surface area contributed by atoms with Gasteiger partial charge in [0.15, 0.2) is 0 Å². The lowest BCUT2D eigenvalue weighted by atomic mass is 10.2. The lowest BCUT2D eigenvalue weighted by Gasteiger charge is -2.07. The van der Waals surface area contributed by atoms with Crippen molar-refractivity contribution in [1.82, 2.24) is 14.8 Å². The Morgan fingerprint density at radius 2 is 1.94 bits per heavy atom. The van der Waals surface area contributed by atoms with E-state index in [0.29, 0.717) is 5.56 Å². The van der Waals surface area contributed by atoms with E-state index in [9.17, 15) is 9.59 Å². The van der Waals surface area contributed by atoms with Crippen LogP contribution in [0.4, 0.5) is 0 Å². The fourth-order valence-electron chi connectivity index (χ4n) is 1.46. The number of benzene rings is 1. The SMILES string of the molecule is COc1cc(C#N)ccc1-n1c(=O)[nH][nH]c1=O. The van der Waals surface area contributed by atoms with Crippen molar-refractivity contribution in [2.75, 3.05) is 7.11 Å². The summed E-state index contributed by atoms with van der Waals surface area (Å²) in [7, 11) is 1.39. The Morgan fingerprint density at radius 1 is 1.29 bits per heavy atom. The van der Waals surface area contributed by atoms with Gasteiger partial charge in [0.05, 0.1) is 24.4 Å². The third-order valence-electron chi connectivity index (χ3n) is 2.23. The molecule has 0 aliphatic heterocycles. The van der Waals surface area contributed by atoms with Gasteiger partial charge in [0.1, 0.15) is 5.75 Å². The molecule has 0 unspecified atom stereocenters. The number of nitrogens with one attached hydrogen (secondary N) is 2. The minimum Gasteiger partial charge on any atom is -0.495 e. The van der Waals surface area contributed by atoms with Crippen LogP contribution in [0.2, 0.25) is 0 Å². The van der Waals surface area contributed by atoms with E-state index < -0.39 is 11.4 Å². The monoisotopic (exact) mass is 232 g/mol. The van der Waals surface area contributed by atoms with Crippen LogP contribution in [0.15, 0.2) is 27.8 Å². The summed E-state index contributed by atoms with van der Waals surface area (Å²) < 4.78 is 5.93. The summed E-state index contributed by atoms with van der Waals surface area (Å²) in [6, 6.07) is 6.37. The Labute approximate surface area is 94.9 Å². The van der Waals surface area contributed by atoms with Crippen molar-refractivity contribution in [2.24, 2.45) is 0 Å². The maximum atomic E-state index is 11.4. The largest absolute Gasteiger partial charge is 0.495 e. The molecular formula is C10H8N4O3. The number of rotatable bonds is 2. The molecule has 17 heavy (non-hydrogen) atoms. The molecule has 0 radical (unpaired) electrons. The smallest absolute Gasteiger partial charge is 0.349 e. The van der Waals surface area contributed by atoms with Gasteiger partial charge in [0.25, 0.3) is 0 Å². The highest BCUT2D eigenvalue weighted by molar-refractivity contribution is 5.51. The zero-order valence-corrected chi connectivity index (χ0v) is 8.85. The molecule has 2 rings (SSSR count). The van der Waals surface area contributed by atoms with E-state index in [2.05, 4.69) is 10.2 Å². The second-order valence-electron chi connectivity index (χ2n) is 3.19. The highest BCUT2D eigenvalue weighted by Gasteiger charge is 2.11. The average Bonchev–Trinajstić information content (AvgIpc) is 2.68. The third-order valence-corrected chi connectivity index (χ3v) is 2.23. The number of ether oxygens (including phenoxy) is 1. The van der Waals surface area contributed by atoms with E-state index in [1.165, 1.54) is 25.3 Å². The second kappa shape index (κ2) is 4.02. The molecule has 0 spiro atoms. The van der Waals surface area contributed by atoms with E-state index in [1.54, 1.807) is 0 Å². The quantitative estimate of drug-likeness (QED) is 0.743. The van der Waals surface area contributed by atoms with Crippen molar-refractivity contribution in [1.29, 1.82) is 5.26 Å². The molecule has 0 amide bonds. The predicted octanol–water partition coefficient (Wildman–Crippen LogP) is -0.266. The lowest BCUT2D eigenvalue weighted by molar-refractivity contribution is 0.412. The fourth-order valence-corrected chi connectivity index (χ4v) is 1.46. The molecule has 7 nitrogen and oxygen atoms in total. The number of aromatic amines is 2. The van der Waals surface area contributed by atoms with E-state index in [0.717, 1.165) is 4.57 Å². The van der Waals surface area contributed by atoms with Gasteiger partial charge < -0.3 is 4.74 Å². The van der Waals surface area contributed by atoms with Gasteiger partial charge in [0, 0.05) is 6.07 Å². The Kier molecular flexibility index (Phi) is 2.54. The first-order valence-corrected chi connectivity index (χ1v) is 4.65. The minimum absolute atomic E-state index is 0.274. The molecule has 7 heteroatoms. The first-order chi connectivity index (χ1) is 8.17. The Hall–Kier alpha value is -2.75. The average molecular weight is 232 g/mol. The van der Waals surface area contributed by atoms with Gasteiger partial charge in [-0.2, -0.15) is 5.26 Å². The number of hydrogen-bond acceptors (Lipinski definition) is 4. The number of methoxy groups -OCH3 is 1. The molecular weight excluding hydrogens is 224 g/mol. The van der Waals surface area contributed by atoms with Gasteiger partial charge in [-0.25, -0.2) is 24.4 Å². The van der Waals surface area contributed by atoms with Crippen LogP contribution in [-0.2, 0) is 0 Å². The Balaban J connectivity index is 2.73. The highest BCUT2D eigenvalue weighted by atomic mass is 16.5. The maximum Gasteiger partial charge on any atom is 0.349 e. The summed E-state index contributed by atoms with van der Waals surface area (Å²) in [5, 5.41) is 13.1. The van der Waals surface area contributed by atoms with Crippen LogP contribution in [-0.4, -0.2) is 21.9 Å². The van der Waals surface area contributed by atoms with Gasteiger partial charge in [-0.05, 0) is 12.1 Å². The molecule has 2 N–H and O–H groups in total. The van der Waals surface area contributed by atoms with Crippen LogP contribution in [0.5, 0.6) is 5.75 Å². The van der Waals surface area contributed by atoms with Gasteiger partial charge in [-0.3, -0.25) is 0 Å². The number of aromatic nitrogens is 3. The van der Waals surface area contributed by atoms with Gasteiger partial charge >= 0.3 is 11.4 Å². The number of hydrogen-bond donors (Lipinski definition) is 2. The van der Waals surface area contributed by atoms with Crippen molar-refractivity contribution < 1.29 is 4.74 Å². The van der Waals surface area contributed by atoms with E-state index in [-0.39, 0.29) is 11.4 Å². The number of nitriles is 1. The number of nitrogens with zero attached hydrogens (tertiary/aromatic N) is 2. The van der Waals surface area contributed by atoms with Crippen LogP contribution in [0.3, 0.4) is 0 Å². The zero-order chi connectivity index (χ0) is 12.4. The van der Waals surface area contributed by atoms with Gasteiger partial charge in [0.2, 0.25) is 0 Å². The molecule has 0 atom stereocenters. The minimum atomic E-state index is -0.599. The van der Waals surface area contributed by atoms with E-state index in [1.807, 2.05) is 6.07 Å². The van der Waals surface area contributed by atoms with Crippen LogP contribution in [0, 0.1) is 11.3 Å². The molecule has 86 valence electrons. The van der Waals surface area contributed by atoms with E-state index in [4.69, 9.17) is 10.00 Å². The normalized spacial score (nSPS) is 9.88. The first kappa shape index (κ1) is 10.8. The Morgan fingerprint density at radius 3 is 2.47 bits per heavy atom. The fraction of sp³-hybridized carbons (Fsp3) is 0.100. The molecule has 2 aromatic rings. The summed E-state index contributed by atoms with van der Waals surface area (Å²) in [4.78, 5) is 22.8. The molecule has 1 aromatic carbocycles. The van der Waals surface area contributed by atoms with Crippen molar-refractivity contribution >= 4 is 0 Å². The summed E-state index contributed by atoms with van der Waals surface area (Å²) in [6.07, 6.45) is 0. The van der Waals surface area contributed by atoms with Crippen LogP contribution in [0.1, 0.15) is 5.56 Å². The second-order valence-corrected chi connectivity index (χ2v) is 3.19.